The Morgan fingerprint density at radius 1 is 0.667 bits per heavy atom. The molecule has 12 heavy (non-hydrogen) atoms. The van der Waals surface area contributed by atoms with Crippen molar-refractivity contribution in [1.82, 2.24) is 0 Å². The summed E-state index contributed by atoms with van der Waals surface area (Å²) < 4.78 is 68.8. The Hall–Kier alpha value is 1.62. The van der Waals surface area contributed by atoms with Crippen LogP contribution in [0.4, 0.5) is 0 Å². The first-order chi connectivity index (χ1) is 4.00. The van der Waals surface area contributed by atoms with Crippen molar-refractivity contribution in [3.63, 3.8) is 0 Å². The summed E-state index contributed by atoms with van der Waals surface area (Å²) >= 11 is -11.5. The number of rotatable bonds is 0. The molecule has 0 aliphatic heterocycles. The van der Waals surface area contributed by atoms with Crippen molar-refractivity contribution in [3.8, 4) is 0 Å². The Bertz CT molecular complexity index is 213. The molecule has 0 rings (SSSR count). The average molecular weight is 464 g/mol. The molecule has 0 amide bonds. The van der Waals surface area contributed by atoms with Crippen molar-refractivity contribution < 1.29 is 78.9 Å². The average Bonchev–Trinajstić information content (AvgIpc) is 1.12. The zero-order chi connectivity index (χ0) is 9.00. The summed E-state index contributed by atoms with van der Waals surface area (Å²) in [6.07, 6.45) is 0. The van der Waals surface area contributed by atoms with E-state index in [0.717, 1.165) is 0 Å². The molecule has 0 radical (unpaired) electrons. The molecule has 0 atom stereocenters. The van der Waals surface area contributed by atoms with Gasteiger partial charge in [0.05, 0.1) is 0 Å². The Morgan fingerprint density at radius 2 is 0.667 bits per heavy atom. The third-order valence-electron chi connectivity index (χ3n) is 0. The molecule has 0 aromatic rings. The van der Waals surface area contributed by atoms with Crippen molar-refractivity contribution in [3.05, 3.63) is 0 Å². The first-order valence-electron chi connectivity index (χ1n) is 1.33. The molecule has 8 nitrogen and oxygen atoms in total. The standard InChI is InChI=1S/Cd.2H2O4Se.Zn/c;2*1-5(2,3)4;/h;2*(H2,1,2,3,4);/q+2;;;+2/p-4. The fourth-order valence-corrected chi connectivity index (χ4v) is 0. The zero-order valence-corrected chi connectivity index (χ0v) is 15.9. The van der Waals surface area contributed by atoms with Crippen LogP contribution in [0.15, 0.2) is 0 Å². The second-order valence-electron chi connectivity index (χ2n) is 0.816. The summed E-state index contributed by atoms with van der Waals surface area (Å²) in [4.78, 5) is 0. The molecule has 0 aliphatic rings. The first kappa shape index (κ1) is 23.4. The monoisotopic (exact) mass is 466 g/mol. The molecule has 0 aromatic heterocycles. The quantitative estimate of drug-likeness (QED) is 0.321. The molecule has 0 saturated heterocycles. The summed E-state index contributed by atoms with van der Waals surface area (Å²) in [5.41, 5.74) is 0. The van der Waals surface area contributed by atoms with Crippen LogP contribution in [0.25, 0.3) is 0 Å². The van der Waals surface area contributed by atoms with Gasteiger partial charge in [0.2, 0.25) is 0 Å². The van der Waals surface area contributed by atoms with Crippen molar-refractivity contribution in [2.75, 3.05) is 0 Å². The molecule has 0 saturated carbocycles. The fourth-order valence-electron chi connectivity index (χ4n) is 0. The van der Waals surface area contributed by atoms with Gasteiger partial charge in [0.1, 0.15) is 0 Å². The van der Waals surface area contributed by atoms with Gasteiger partial charge in [-0.3, -0.25) is 0 Å². The van der Waals surface area contributed by atoms with E-state index < -0.39 is 26.7 Å². The van der Waals surface area contributed by atoms with Crippen molar-refractivity contribution >= 4 is 26.7 Å². The molecule has 0 fully saturated rings. The van der Waals surface area contributed by atoms with Gasteiger partial charge in [0, 0.05) is 0 Å². The Kier molecular flexibility index (Phi) is 18.0. The van der Waals surface area contributed by atoms with Crippen molar-refractivity contribution in [2.24, 2.45) is 0 Å². The minimum atomic E-state index is -5.75. The summed E-state index contributed by atoms with van der Waals surface area (Å²) in [6, 6.07) is 0. The molecule has 0 unspecified atom stereocenters. The summed E-state index contributed by atoms with van der Waals surface area (Å²) in [5, 5.41) is 0. The minimum absolute atomic E-state index is 0. The Labute approximate surface area is 104 Å². The SMILES string of the molecule is O=[Se](=O)([O-])[O-].O=[Se](=O)([O-])[O-].[Cd+2].[Zn+2]. The van der Waals surface area contributed by atoms with E-state index in [1.165, 1.54) is 0 Å². The van der Waals surface area contributed by atoms with E-state index in [9.17, 15) is 0 Å². The molecule has 0 heterocycles. The Balaban J connectivity index is -0.0000000457. The normalized spacial score (nSPS) is 9.67. The van der Waals surface area contributed by atoms with Gasteiger partial charge in [-0.15, -0.1) is 0 Å². The maximum absolute atomic E-state index is 8.59. The topological polar surface area (TPSA) is 161 Å². The van der Waals surface area contributed by atoms with Crippen LogP contribution < -0.4 is 16.8 Å². The van der Waals surface area contributed by atoms with Gasteiger partial charge in [-0.1, -0.05) is 0 Å². The van der Waals surface area contributed by atoms with Crippen LogP contribution in [0, 0.1) is 0 Å². The van der Waals surface area contributed by atoms with Gasteiger partial charge in [-0.2, -0.15) is 0 Å². The van der Waals surface area contributed by atoms with Gasteiger partial charge in [0.15, 0.2) is 0 Å². The van der Waals surface area contributed by atoms with Crippen LogP contribution in [-0.4, -0.2) is 26.7 Å². The van der Waals surface area contributed by atoms with E-state index in [-0.39, 0.29) is 46.8 Å². The smallest absolute Gasteiger partial charge is 2.00 e. The van der Waals surface area contributed by atoms with Crippen LogP contribution in [0.5, 0.6) is 0 Å². The first-order valence-corrected chi connectivity index (χ1v) is 6.93. The number of hydrogen-bond donors (Lipinski definition) is 0. The van der Waals surface area contributed by atoms with Gasteiger partial charge in [-0.05, 0) is 0 Å². The summed E-state index contributed by atoms with van der Waals surface area (Å²) in [6.45, 7) is 0. The van der Waals surface area contributed by atoms with Crippen LogP contribution in [0.1, 0.15) is 0 Å². The largest absolute Gasteiger partial charge is 2.00 e. The summed E-state index contributed by atoms with van der Waals surface area (Å²) in [7, 11) is 0. The second-order valence-corrected chi connectivity index (χ2v) is 4.24. The molecule has 0 N–H and O–H groups in total. The van der Waals surface area contributed by atoms with E-state index in [4.69, 9.17) is 32.1 Å². The molecular formula is CdO8Se2Zn. The van der Waals surface area contributed by atoms with E-state index >= 15 is 0 Å². The molecule has 0 aliphatic carbocycles. The minimum Gasteiger partial charge on any atom is 2.00 e. The molecule has 12 heteroatoms. The van der Waals surface area contributed by atoms with Gasteiger partial charge < -0.3 is 0 Å². The Morgan fingerprint density at radius 3 is 0.667 bits per heavy atom. The third-order valence-corrected chi connectivity index (χ3v) is 0. The van der Waals surface area contributed by atoms with E-state index in [2.05, 4.69) is 0 Å². The maximum atomic E-state index is 8.59. The van der Waals surface area contributed by atoms with E-state index in [0.29, 0.717) is 0 Å². The third kappa shape index (κ3) is 497. The van der Waals surface area contributed by atoms with Crippen molar-refractivity contribution in [2.45, 2.75) is 0 Å². The second kappa shape index (κ2) is 9.19. The molecule has 64 valence electrons. The fraction of sp³-hybridized carbons (Fsp3) is 0. The van der Waals surface area contributed by atoms with Gasteiger partial charge in [0.25, 0.3) is 0 Å². The van der Waals surface area contributed by atoms with Gasteiger partial charge >= 0.3 is 106 Å². The van der Waals surface area contributed by atoms with Crippen LogP contribution >= 0.6 is 0 Å². The van der Waals surface area contributed by atoms with Crippen LogP contribution in [0.3, 0.4) is 0 Å². The molecular weight excluding hydrogens is 464 g/mol. The van der Waals surface area contributed by atoms with Crippen LogP contribution in [-0.2, 0) is 62.1 Å². The molecule has 0 bridgehead atoms. The van der Waals surface area contributed by atoms with Crippen molar-refractivity contribution in [1.29, 1.82) is 0 Å². The van der Waals surface area contributed by atoms with E-state index in [1.54, 1.807) is 0 Å². The van der Waals surface area contributed by atoms with Gasteiger partial charge in [-0.25, -0.2) is 0 Å². The predicted molar refractivity (Wildman–Crippen MR) is 14.3 cm³/mol. The maximum Gasteiger partial charge on any atom is 2.00 e. The molecule has 0 aromatic carbocycles. The zero-order valence-electron chi connectivity index (χ0n) is 5.50. The van der Waals surface area contributed by atoms with E-state index in [1.807, 2.05) is 0 Å². The predicted octanol–water partition coefficient (Wildman–Crippen LogP) is -6.00. The summed E-state index contributed by atoms with van der Waals surface area (Å²) in [5.74, 6) is 0. The molecule has 0 spiro atoms. The number of hydrogen-bond acceptors (Lipinski definition) is 8. The van der Waals surface area contributed by atoms with Crippen LogP contribution in [0.2, 0.25) is 0 Å².